The Bertz CT molecular complexity index is 217. The van der Waals surface area contributed by atoms with Crippen LogP contribution < -0.4 is 16.0 Å². The molecule has 0 aliphatic heterocycles. The lowest BCUT2D eigenvalue weighted by molar-refractivity contribution is -0.122. The van der Waals surface area contributed by atoms with Gasteiger partial charge in [-0.15, -0.1) is 0 Å². The molecule has 5 nitrogen and oxygen atoms in total. The minimum Gasteiger partial charge on any atom is -0.356 e. The summed E-state index contributed by atoms with van der Waals surface area (Å²) in [5, 5.41) is 8.40. The molecule has 0 heterocycles. The Morgan fingerprint density at radius 2 is 1.81 bits per heavy atom. The van der Waals surface area contributed by atoms with Crippen LogP contribution in [0.25, 0.3) is 0 Å². The normalized spacial score (nSPS) is 10.2. The van der Waals surface area contributed by atoms with E-state index in [0.717, 1.165) is 0 Å². The van der Waals surface area contributed by atoms with Crippen LogP contribution in [0.3, 0.4) is 0 Å². The fraction of sp³-hybridized carbons (Fsp3) is 0.818. The van der Waals surface area contributed by atoms with Crippen molar-refractivity contribution in [1.29, 1.82) is 0 Å². The maximum atomic E-state index is 11.3. The van der Waals surface area contributed by atoms with Gasteiger partial charge in [-0.25, -0.2) is 0 Å². The van der Waals surface area contributed by atoms with E-state index in [0.29, 0.717) is 32.0 Å². The van der Waals surface area contributed by atoms with Crippen LogP contribution in [0, 0.1) is 5.92 Å². The predicted molar refractivity (Wildman–Crippen MR) is 64.0 cm³/mol. The van der Waals surface area contributed by atoms with E-state index >= 15 is 0 Å². The van der Waals surface area contributed by atoms with E-state index in [1.165, 1.54) is 0 Å². The van der Waals surface area contributed by atoms with Crippen molar-refractivity contribution in [3.05, 3.63) is 0 Å². The molecular formula is C11H23N3O2. The third-order valence-electron chi connectivity index (χ3n) is 1.90. The zero-order chi connectivity index (χ0) is 12.4. The molecule has 0 saturated carbocycles. The number of rotatable bonds is 8. The highest BCUT2D eigenvalue weighted by atomic mass is 16.2. The topological polar surface area (TPSA) is 70.2 Å². The highest BCUT2D eigenvalue weighted by Crippen LogP contribution is 1.87. The largest absolute Gasteiger partial charge is 0.356 e. The van der Waals surface area contributed by atoms with Crippen molar-refractivity contribution in [2.75, 3.05) is 26.2 Å². The number of hydrogen-bond acceptors (Lipinski definition) is 3. The van der Waals surface area contributed by atoms with Gasteiger partial charge in [0, 0.05) is 26.1 Å². The van der Waals surface area contributed by atoms with Crippen molar-refractivity contribution in [2.24, 2.45) is 5.92 Å². The summed E-state index contributed by atoms with van der Waals surface area (Å²) in [6.07, 6.45) is 0.409. The Hall–Kier alpha value is -1.10. The fourth-order valence-electron chi connectivity index (χ4n) is 1.07. The molecular weight excluding hydrogens is 206 g/mol. The maximum absolute atomic E-state index is 11.3. The van der Waals surface area contributed by atoms with Crippen molar-refractivity contribution < 1.29 is 9.59 Å². The third kappa shape index (κ3) is 9.45. The Morgan fingerprint density at radius 1 is 1.12 bits per heavy atom. The van der Waals surface area contributed by atoms with Gasteiger partial charge in [-0.1, -0.05) is 13.8 Å². The summed E-state index contributed by atoms with van der Waals surface area (Å²) in [7, 11) is 0. The molecule has 0 aliphatic carbocycles. The van der Waals surface area contributed by atoms with E-state index in [-0.39, 0.29) is 18.4 Å². The molecule has 0 rings (SSSR count). The Kier molecular flexibility index (Phi) is 8.52. The second-order valence-corrected chi connectivity index (χ2v) is 4.08. The van der Waals surface area contributed by atoms with E-state index in [1.54, 1.807) is 0 Å². The first-order valence-corrected chi connectivity index (χ1v) is 5.80. The molecule has 94 valence electrons. The van der Waals surface area contributed by atoms with E-state index in [9.17, 15) is 9.59 Å². The number of likely N-dealkylation sites (N-methyl/N-ethyl adjacent to an activating group) is 1. The molecule has 0 spiro atoms. The maximum Gasteiger partial charge on any atom is 0.233 e. The molecule has 3 N–H and O–H groups in total. The van der Waals surface area contributed by atoms with Gasteiger partial charge in [-0.05, 0) is 12.8 Å². The second-order valence-electron chi connectivity index (χ2n) is 4.08. The van der Waals surface area contributed by atoms with E-state index < -0.39 is 0 Å². The highest BCUT2D eigenvalue weighted by Gasteiger charge is 2.02. The summed E-state index contributed by atoms with van der Waals surface area (Å²) >= 11 is 0. The molecule has 5 heteroatoms. The minimum absolute atomic E-state index is 0.0251. The molecule has 0 atom stereocenters. The van der Waals surface area contributed by atoms with Gasteiger partial charge >= 0.3 is 0 Å². The van der Waals surface area contributed by atoms with Crippen LogP contribution in [-0.4, -0.2) is 38.0 Å². The average molecular weight is 229 g/mol. The summed E-state index contributed by atoms with van der Waals surface area (Å²) in [6, 6.07) is 0. The van der Waals surface area contributed by atoms with Gasteiger partial charge in [0.05, 0.1) is 6.54 Å². The molecule has 16 heavy (non-hydrogen) atoms. The molecule has 0 aliphatic rings. The SMILES string of the molecule is CCNC(=O)CNCCC(=O)NCC(C)C. The van der Waals surface area contributed by atoms with E-state index in [1.807, 2.05) is 20.8 Å². The zero-order valence-electron chi connectivity index (χ0n) is 10.4. The second kappa shape index (κ2) is 9.15. The fourth-order valence-corrected chi connectivity index (χ4v) is 1.07. The minimum atomic E-state index is -0.0370. The molecule has 0 radical (unpaired) electrons. The smallest absolute Gasteiger partial charge is 0.233 e. The lowest BCUT2D eigenvalue weighted by atomic mass is 10.2. The molecule has 0 aromatic heterocycles. The van der Waals surface area contributed by atoms with Crippen LogP contribution in [0.15, 0.2) is 0 Å². The standard InChI is InChI=1S/C11H23N3O2/c1-4-13-11(16)8-12-6-5-10(15)14-7-9(2)3/h9,12H,4-8H2,1-3H3,(H,13,16)(H,14,15). The van der Waals surface area contributed by atoms with E-state index in [4.69, 9.17) is 0 Å². The van der Waals surface area contributed by atoms with Crippen LogP contribution in [0.5, 0.6) is 0 Å². The Morgan fingerprint density at radius 3 is 2.38 bits per heavy atom. The summed E-state index contributed by atoms with van der Waals surface area (Å²) in [5.74, 6) is 0.453. The van der Waals surface area contributed by atoms with Crippen molar-refractivity contribution in [2.45, 2.75) is 27.2 Å². The average Bonchev–Trinajstić information content (AvgIpc) is 2.22. The van der Waals surface area contributed by atoms with Gasteiger partial charge in [0.15, 0.2) is 0 Å². The molecule has 0 unspecified atom stereocenters. The quantitative estimate of drug-likeness (QED) is 0.508. The van der Waals surface area contributed by atoms with Crippen LogP contribution in [-0.2, 0) is 9.59 Å². The number of nitrogens with one attached hydrogen (secondary N) is 3. The number of amides is 2. The van der Waals surface area contributed by atoms with E-state index in [2.05, 4.69) is 16.0 Å². The number of hydrogen-bond donors (Lipinski definition) is 3. The van der Waals surface area contributed by atoms with Crippen LogP contribution in [0.2, 0.25) is 0 Å². The van der Waals surface area contributed by atoms with Crippen molar-refractivity contribution >= 4 is 11.8 Å². The van der Waals surface area contributed by atoms with Gasteiger partial charge in [-0.3, -0.25) is 9.59 Å². The lowest BCUT2D eigenvalue weighted by Gasteiger charge is -2.08. The molecule has 0 saturated heterocycles. The number of carbonyl (C=O) groups is 2. The first-order valence-electron chi connectivity index (χ1n) is 5.80. The van der Waals surface area contributed by atoms with Crippen LogP contribution in [0.4, 0.5) is 0 Å². The Balaban J connectivity index is 3.37. The lowest BCUT2D eigenvalue weighted by Crippen LogP contribution is -2.36. The van der Waals surface area contributed by atoms with Crippen molar-refractivity contribution in [1.82, 2.24) is 16.0 Å². The summed E-state index contributed by atoms with van der Waals surface area (Å²) < 4.78 is 0. The predicted octanol–water partition coefficient (Wildman–Crippen LogP) is -0.126. The summed E-state index contributed by atoms with van der Waals surface area (Å²) in [4.78, 5) is 22.3. The first-order chi connectivity index (χ1) is 7.56. The van der Waals surface area contributed by atoms with Crippen molar-refractivity contribution in [3.63, 3.8) is 0 Å². The molecule has 2 amide bonds. The van der Waals surface area contributed by atoms with Crippen molar-refractivity contribution in [3.8, 4) is 0 Å². The van der Waals surface area contributed by atoms with Gasteiger partial charge in [-0.2, -0.15) is 0 Å². The first kappa shape index (κ1) is 14.9. The van der Waals surface area contributed by atoms with Gasteiger partial charge < -0.3 is 16.0 Å². The van der Waals surface area contributed by atoms with Gasteiger partial charge in [0.2, 0.25) is 11.8 Å². The highest BCUT2D eigenvalue weighted by molar-refractivity contribution is 5.78. The molecule has 0 aromatic rings. The molecule has 0 bridgehead atoms. The zero-order valence-corrected chi connectivity index (χ0v) is 10.4. The monoisotopic (exact) mass is 229 g/mol. The Labute approximate surface area is 97.4 Å². The van der Waals surface area contributed by atoms with Gasteiger partial charge in [0.25, 0.3) is 0 Å². The molecule has 0 aromatic carbocycles. The summed E-state index contributed by atoms with van der Waals surface area (Å²) in [5.41, 5.74) is 0. The molecule has 0 fully saturated rings. The summed E-state index contributed by atoms with van der Waals surface area (Å²) in [6.45, 7) is 8.11. The van der Waals surface area contributed by atoms with Gasteiger partial charge in [0.1, 0.15) is 0 Å². The third-order valence-corrected chi connectivity index (χ3v) is 1.90. The van der Waals surface area contributed by atoms with Crippen LogP contribution in [0.1, 0.15) is 27.2 Å². The number of carbonyl (C=O) groups excluding carboxylic acids is 2. The van der Waals surface area contributed by atoms with Crippen LogP contribution >= 0.6 is 0 Å².